The van der Waals surface area contributed by atoms with Crippen molar-refractivity contribution in [3.8, 4) is 5.75 Å². The monoisotopic (exact) mass is 371 g/mol. The molecule has 1 aromatic carbocycles. The molecule has 0 saturated carbocycles. The van der Waals surface area contributed by atoms with Crippen LogP contribution < -0.4 is 15.8 Å². The molecule has 0 saturated heterocycles. The highest BCUT2D eigenvalue weighted by Gasteiger charge is 2.10. The lowest BCUT2D eigenvalue weighted by Gasteiger charge is -2.07. The summed E-state index contributed by atoms with van der Waals surface area (Å²) in [7, 11) is 1.33. The molecule has 2 rings (SSSR count). The summed E-state index contributed by atoms with van der Waals surface area (Å²) in [5, 5.41) is 5.12. The van der Waals surface area contributed by atoms with Crippen molar-refractivity contribution in [1.82, 2.24) is 4.98 Å². The zero-order chi connectivity index (χ0) is 16.7. The highest BCUT2D eigenvalue weighted by atomic mass is 35.5. The number of esters is 1. The molecule has 7 nitrogen and oxygen atoms in total. The number of anilines is 1. The van der Waals surface area contributed by atoms with E-state index in [9.17, 15) is 9.59 Å². The van der Waals surface area contributed by atoms with E-state index >= 15 is 0 Å². The van der Waals surface area contributed by atoms with Crippen molar-refractivity contribution >= 4 is 41.3 Å². The maximum absolute atomic E-state index is 12.0. The van der Waals surface area contributed by atoms with Gasteiger partial charge in [-0.1, -0.05) is 0 Å². The molecule has 0 atom stereocenters. The average Bonchev–Trinajstić information content (AvgIpc) is 3.05. The molecule has 0 radical (unpaired) electrons. The smallest absolute Gasteiger partial charge is 0.308 e. The summed E-state index contributed by atoms with van der Waals surface area (Å²) in [5.74, 6) is -0.0136. The second-order valence-electron chi connectivity index (χ2n) is 4.48. The Bertz CT molecular complexity index is 676. The number of carbonyl (C=O) groups is 2. The van der Waals surface area contributed by atoms with Crippen LogP contribution in [0, 0.1) is 0 Å². The van der Waals surface area contributed by atoms with E-state index in [-0.39, 0.29) is 37.3 Å². The Kier molecular flexibility index (Phi) is 8.17. The number of nitrogens with zero attached hydrogens (tertiary/aromatic N) is 1. The standard InChI is InChI=1S/C15H17N3O4S.ClH/c1-21-14(19)6-7-22-11-4-2-10(3-5-11)17-15(20)12-9-23-13(8-16)18-12;/h2-5,9H,6-8,16H2,1H3,(H,17,20);1H. The lowest BCUT2D eigenvalue weighted by atomic mass is 10.3. The fourth-order valence-corrected chi connectivity index (χ4v) is 2.35. The van der Waals surface area contributed by atoms with Gasteiger partial charge in [-0.25, -0.2) is 4.98 Å². The number of amides is 1. The number of hydrogen-bond donors (Lipinski definition) is 2. The third-order valence-electron chi connectivity index (χ3n) is 2.87. The molecular formula is C15H18ClN3O4S. The molecule has 24 heavy (non-hydrogen) atoms. The molecule has 2 aromatic rings. The number of halogens is 1. The minimum absolute atomic E-state index is 0. The van der Waals surface area contributed by atoms with Gasteiger partial charge in [-0.05, 0) is 24.3 Å². The van der Waals surface area contributed by atoms with Crippen molar-refractivity contribution in [3.63, 3.8) is 0 Å². The molecule has 9 heteroatoms. The number of benzene rings is 1. The number of thiazole rings is 1. The fourth-order valence-electron chi connectivity index (χ4n) is 1.69. The van der Waals surface area contributed by atoms with Crippen LogP contribution in [0.15, 0.2) is 29.6 Å². The first-order valence-electron chi connectivity index (χ1n) is 6.88. The minimum atomic E-state index is -0.325. The number of ether oxygens (including phenoxy) is 2. The molecule has 0 aliphatic carbocycles. The van der Waals surface area contributed by atoms with Crippen molar-refractivity contribution in [2.45, 2.75) is 13.0 Å². The Balaban J connectivity index is 0.00000288. The summed E-state index contributed by atoms with van der Waals surface area (Å²) >= 11 is 1.35. The molecule has 0 aliphatic heterocycles. The maximum atomic E-state index is 12.0. The first-order valence-corrected chi connectivity index (χ1v) is 7.76. The Hall–Kier alpha value is -2.16. The maximum Gasteiger partial charge on any atom is 0.308 e. The Morgan fingerprint density at radius 1 is 1.29 bits per heavy atom. The van der Waals surface area contributed by atoms with Crippen molar-refractivity contribution in [2.75, 3.05) is 19.0 Å². The number of nitrogens with one attached hydrogen (secondary N) is 1. The summed E-state index contributed by atoms with van der Waals surface area (Å²) in [6, 6.07) is 6.83. The van der Waals surface area contributed by atoms with Gasteiger partial charge < -0.3 is 20.5 Å². The summed E-state index contributed by atoms with van der Waals surface area (Å²) in [6.45, 7) is 0.550. The van der Waals surface area contributed by atoms with Crippen molar-refractivity contribution in [2.24, 2.45) is 5.73 Å². The van der Waals surface area contributed by atoms with Crippen LogP contribution in [-0.2, 0) is 16.1 Å². The fraction of sp³-hybridized carbons (Fsp3) is 0.267. The number of nitrogens with two attached hydrogens (primary N) is 1. The van der Waals surface area contributed by atoms with Crippen molar-refractivity contribution in [1.29, 1.82) is 0 Å². The van der Waals surface area contributed by atoms with E-state index in [2.05, 4.69) is 15.0 Å². The van der Waals surface area contributed by atoms with Gasteiger partial charge in [0.1, 0.15) is 16.5 Å². The summed E-state index contributed by atoms with van der Waals surface area (Å²) in [6.07, 6.45) is 0.183. The van der Waals surface area contributed by atoms with Crippen LogP contribution in [-0.4, -0.2) is 30.6 Å². The van der Waals surface area contributed by atoms with Crippen LogP contribution in [0.3, 0.4) is 0 Å². The third kappa shape index (κ3) is 5.80. The average molecular weight is 372 g/mol. The quantitative estimate of drug-likeness (QED) is 0.723. The molecule has 1 amide bonds. The van der Waals surface area contributed by atoms with Gasteiger partial charge in [-0.2, -0.15) is 0 Å². The molecule has 0 bridgehead atoms. The lowest BCUT2D eigenvalue weighted by Crippen LogP contribution is -2.12. The Labute approximate surface area is 149 Å². The highest BCUT2D eigenvalue weighted by Crippen LogP contribution is 2.17. The van der Waals surface area contributed by atoms with Gasteiger partial charge in [0.15, 0.2) is 0 Å². The molecule has 0 unspecified atom stereocenters. The van der Waals surface area contributed by atoms with Crippen molar-refractivity contribution < 1.29 is 19.1 Å². The number of hydrogen-bond acceptors (Lipinski definition) is 7. The van der Waals surface area contributed by atoms with Crippen molar-refractivity contribution in [3.05, 3.63) is 40.3 Å². The van der Waals surface area contributed by atoms with E-state index in [4.69, 9.17) is 10.5 Å². The second kappa shape index (κ2) is 9.86. The van der Waals surface area contributed by atoms with E-state index in [1.54, 1.807) is 29.6 Å². The van der Waals surface area contributed by atoms with Crippen LogP contribution in [0.4, 0.5) is 5.69 Å². The number of aromatic nitrogens is 1. The molecule has 0 aliphatic rings. The predicted octanol–water partition coefficient (Wildman–Crippen LogP) is 2.22. The van der Waals surface area contributed by atoms with Gasteiger partial charge in [0.25, 0.3) is 5.91 Å². The minimum Gasteiger partial charge on any atom is -0.493 e. The zero-order valence-corrected chi connectivity index (χ0v) is 14.6. The van der Waals surface area contributed by atoms with Crippen LogP contribution in [0.1, 0.15) is 21.9 Å². The van der Waals surface area contributed by atoms with Gasteiger partial charge in [-0.15, -0.1) is 23.7 Å². The van der Waals surface area contributed by atoms with Crippen LogP contribution >= 0.6 is 23.7 Å². The van der Waals surface area contributed by atoms with E-state index < -0.39 is 0 Å². The van der Waals surface area contributed by atoms with E-state index in [1.807, 2.05) is 0 Å². The van der Waals surface area contributed by atoms with Crippen LogP contribution in [0.2, 0.25) is 0 Å². The molecule has 3 N–H and O–H groups in total. The first-order chi connectivity index (χ1) is 11.1. The molecule has 1 aromatic heterocycles. The highest BCUT2D eigenvalue weighted by molar-refractivity contribution is 7.09. The SMILES string of the molecule is COC(=O)CCOc1ccc(NC(=O)c2csc(CN)n2)cc1.Cl. The summed E-state index contributed by atoms with van der Waals surface area (Å²) < 4.78 is 9.93. The van der Waals surface area contributed by atoms with E-state index in [0.717, 1.165) is 0 Å². The van der Waals surface area contributed by atoms with Gasteiger partial charge in [0.05, 0.1) is 20.1 Å². The predicted molar refractivity (Wildman–Crippen MR) is 93.8 cm³/mol. The number of carbonyl (C=O) groups excluding carboxylic acids is 2. The van der Waals surface area contributed by atoms with E-state index in [1.165, 1.54) is 18.4 Å². The molecule has 130 valence electrons. The third-order valence-corrected chi connectivity index (χ3v) is 3.74. The molecule has 0 spiro atoms. The molecule has 1 heterocycles. The summed E-state index contributed by atoms with van der Waals surface area (Å²) in [5.41, 5.74) is 6.44. The van der Waals surface area contributed by atoms with Crippen LogP contribution in [0.25, 0.3) is 0 Å². The first kappa shape index (κ1) is 19.9. The normalized spacial score (nSPS) is 9.75. The van der Waals surface area contributed by atoms with Gasteiger partial charge in [-0.3, -0.25) is 9.59 Å². The van der Waals surface area contributed by atoms with Gasteiger partial charge in [0.2, 0.25) is 0 Å². The van der Waals surface area contributed by atoms with E-state index in [0.29, 0.717) is 28.7 Å². The summed E-state index contributed by atoms with van der Waals surface area (Å²) in [4.78, 5) is 27.1. The largest absolute Gasteiger partial charge is 0.493 e. The number of methoxy groups -OCH3 is 1. The Morgan fingerprint density at radius 3 is 2.58 bits per heavy atom. The topological polar surface area (TPSA) is 104 Å². The van der Waals surface area contributed by atoms with Gasteiger partial charge in [0, 0.05) is 17.6 Å². The van der Waals surface area contributed by atoms with Gasteiger partial charge >= 0.3 is 5.97 Å². The molecule has 0 fully saturated rings. The van der Waals surface area contributed by atoms with Crippen LogP contribution in [0.5, 0.6) is 5.75 Å². The Morgan fingerprint density at radius 2 is 2.00 bits per heavy atom. The zero-order valence-electron chi connectivity index (χ0n) is 13.0. The number of rotatable bonds is 7. The second-order valence-corrected chi connectivity index (χ2v) is 5.43. The molecular weight excluding hydrogens is 354 g/mol. The lowest BCUT2D eigenvalue weighted by molar-refractivity contribution is -0.141.